The smallest absolute Gasteiger partial charge is 0.263 e. The van der Waals surface area contributed by atoms with E-state index in [4.69, 9.17) is 11.6 Å². The van der Waals surface area contributed by atoms with Crippen molar-refractivity contribution in [1.82, 2.24) is 5.06 Å². The summed E-state index contributed by atoms with van der Waals surface area (Å²) in [5.41, 5.74) is 0. The average molecular weight is 152 g/mol. The quantitative estimate of drug-likeness (QED) is 0.428. The lowest BCUT2D eigenvalue weighted by Gasteiger charge is -2.14. The van der Waals surface area contributed by atoms with Gasteiger partial charge in [-0.05, 0) is 6.92 Å². The number of hydrogen-bond donors (Lipinski definition) is 0. The topological polar surface area (TPSA) is 29.5 Å². The van der Waals surface area contributed by atoms with E-state index in [2.05, 4.69) is 4.84 Å². The van der Waals surface area contributed by atoms with Gasteiger partial charge in [0.25, 0.3) is 5.91 Å². The summed E-state index contributed by atoms with van der Waals surface area (Å²) in [5.74, 6) is -0.237. The first kappa shape index (κ1) is 8.72. The first-order valence-corrected chi connectivity index (χ1v) is 2.99. The largest absolute Gasteiger partial charge is 0.275 e. The monoisotopic (exact) mass is 151 g/mol. The van der Waals surface area contributed by atoms with Crippen LogP contribution < -0.4 is 0 Å². The van der Waals surface area contributed by atoms with Gasteiger partial charge in [-0.1, -0.05) is 0 Å². The zero-order chi connectivity index (χ0) is 7.44. The maximum Gasteiger partial charge on any atom is 0.263 e. The predicted octanol–water partition coefficient (Wildman–Crippen LogP) is 0.633. The van der Waals surface area contributed by atoms with Gasteiger partial charge < -0.3 is 0 Å². The molecule has 9 heavy (non-hydrogen) atoms. The van der Waals surface area contributed by atoms with E-state index in [0.717, 1.165) is 5.06 Å². The van der Waals surface area contributed by atoms with E-state index in [1.165, 1.54) is 14.2 Å². The fourth-order valence-corrected chi connectivity index (χ4v) is 0.478. The summed E-state index contributed by atoms with van der Waals surface area (Å²) < 4.78 is 0. The van der Waals surface area contributed by atoms with Crippen LogP contribution >= 0.6 is 11.6 Å². The number of carbonyl (C=O) groups excluding carboxylic acids is 1. The molecule has 0 aliphatic heterocycles. The lowest BCUT2D eigenvalue weighted by Crippen LogP contribution is -2.30. The lowest BCUT2D eigenvalue weighted by molar-refractivity contribution is -0.167. The highest BCUT2D eigenvalue weighted by Gasteiger charge is 2.13. The van der Waals surface area contributed by atoms with Gasteiger partial charge in [-0.2, -0.15) is 0 Å². The second-order valence-electron chi connectivity index (χ2n) is 1.63. The van der Waals surface area contributed by atoms with Crippen molar-refractivity contribution in [2.75, 3.05) is 14.2 Å². The first-order valence-electron chi connectivity index (χ1n) is 2.55. The van der Waals surface area contributed by atoms with Gasteiger partial charge in [-0.15, -0.1) is 11.6 Å². The minimum Gasteiger partial charge on any atom is -0.275 e. The van der Waals surface area contributed by atoms with Crippen molar-refractivity contribution in [2.24, 2.45) is 0 Å². The Morgan fingerprint density at radius 3 is 2.33 bits per heavy atom. The molecule has 0 radical (unpaired) electrons. The predicted molar refractivity (Wildman–Crippen MR) is 35.1 cm³/mol. The van der Waals surface area contributed by atoms with Crippen molar-refractivity contribution < 1.29 is 9.63 Å². The van der Waals surface area contributed by atoms with E-state index in [0.29, 0.717) is 0 Å². The highest BCUT2D eigenvalue weighted by molar-refractivity contribution is 6.30. The highest BCUT2D eigenvalue weighted by Crippen LogP contribution is 1.98. The van der Waals surface area contributed by atoms with Crippen LogP contribution in [0.1, 0.15) is 6.92 Å². The van der Waals surface area contributed by atoms with Crippen LogP contribution in [-0.4, -0.2) is 30.5 Å². The molecule has 0 aromatic rings. The second kappa shape index (κ2) is 3.69. The fraction of sp³-hybridized carbons (Fsp3) is 0.800. The van der Waals surface area contributed by atoms with Crippen molar-refractivity contribution in [3.05, 3.63) is 0 Å². The molecule has 0 N–H and O–H groups in total. The Labute approximate surface area is 59.5 Å². The van der Waals surface area contributed by atoms with E-state index in [1.54, 1.807) is 6.92 Å². The van der Waals surface area contributed by atoms with E-state index in [1.807, 2.05) is 0 Å². The number of halogens is 1. The Morgan fingerprint density at radius 1 is 1.78 bits per heavy atom. The molecular formula is C5H10ClNO2. The van der Waals surface area contributed by atoms with Crippen LogP contribution in [-0.2, 0) is 9.63 Å². The minimum atomic E-state index is -0.519. The Balaban J connectivity index is 3.73. The van der Waals surface area contributed by atoms with Crippen molar-refractivity contribution in [3.8, 4) is 0 Å². The summed E-state index contributed by atoms with van der Waals surface area (Å²) >= 11 is 5.43. The van der Waals surface area contributed by atoms with Gasteiger partial charge in [0.2, 0.25) is 0 Å². The van der Waals surface area contributed by atoms with Crippen LogP contribution in [0.25, 0.3) is 0 Å². The van der Waals surface area contributed by atoms with Gasteiger partial charge >= 0.3 is 0 Å². The number of nitrogens with zero attached hydrogens (tertiary/aromatic N) is 1. The summed E-state index contributed by atoms with van der Waals surface area (Å²) in [7, 11) is 2.93. The Bertz CT molecular complexity index is 105. The van der Waals surface area contributed by atoms with Crippen LogP contribution in [0.5, 0.6) is 0 Å². The molecule has 0 rings (SSSR count). The van der Waals surface area contributed by atoms with Crippen LogP contribution in [0, 0.1) is 0 Å². The van der Waals surface area contributed by atoms with E-state index in [-0.39, 0.29) is 5.91 Å². The minimum absolute atomic E-state index is 0.237. The molecule has 0 bridgehead atoms. The van der Waals surface area contributed by atoms with Crippen LogP contribution in [0.15, 0.2) is 0 Å². The molecule has 0 saturated carbocycles. The molecule has 54 valence electrons. The first-order chi connectivity index (χ1) is 4.09. The van der Waals surface area contributed by atoms with Crippen LogP contribution in [0.3, 0.4) is 0 Å². The van der Waals surface area contributed by atoms with Gasteiger partial charge in [-0.3, -0.25) is 9.63 Å². The van der Waals surface area contributed by atoms with Gasteiger partial charge in [0.05, 0.1) is 7.11 Å². The van der Waals surface area contributed by atoms with E-state index < -0.39 is 5.38 Å². The van der Waals surface area contributed by atoms with Gasteiger partial charge in [0, 0.05) is 7.05 Å². The summed E-state index contributed by atoms with van der Waals surface area (Å²) in [6, 6.07) is 0. The number of hydrogen-bond acceptors (Lipinski definition) is 2. The highest BCUT2D eigenvalue weighted by atomic mass is 35.5. The molecule has 0 unspecified atom stereocenters. The molecule has 3 nitrogen and oxygen atoms in total. The fourth-order valence-electron chi connectivity index (χ4n) is 0.340. The van der Waals surface area contributed by atoms with Crippen molar-refractivity contribution in [3.63, 3.8) is 0 Å². The molecule has 0 heterocycles. The average Bonchev–Trinajstić information content (AvgIpc) is 1.84. The molecule has 0 aromatic carbocycles. The van der Waals surface area contributed by atoms with Crippen LogP contribution in [0.4, 0.5) is 0 Å². The van der Waals surface area contributed by atoms with E-state index in [9.17, 15) is 4.79 Å². The third-order valence-electron chi connectivity index (χ3n) is 0.925. The Hall–Kier alpha value is -0.280. The maximum atomic E-state index is 10.7. The van der Waals surface area contributed by atoms with E-state index >= 15 is 0 Å². The molecular weight excluding hydrogens is 142 g/mol. The third kappa shape index (κ3) is 2.67. The molecule has 1 atom stereocenters. The lowest BCUT2D eigenvalue weighted by atomic mass is 10.4. The van der Waals surface area contributed by atoms with Gasteiger partial charge in [0.1, 0.15) is 5.38 Å². The van der Waals surface area contributed by atoms with Gasteiger partial charge in [0.15, 0.2) is 0 Å². The summed E-state index contributed by atoms with van der Waals surface area (Å²) in [6.45, 7) is 1.60. The molecule has 0 fully saturated rings. The number of rotatable bonds is 2. The van der Waals surface area contributed by atoms with Crippen LogP contribution in [0.2, 0.25) is 0 Å². The Kier molecular flexibility index (Phi) is 3.58. The molecule has 4 heteroatoms. The van der Waals surface area contributed by atoms with Gasteiger partial charge in [-0.25, -0.2) is 5.06 Å². The zero-order valence-electron chi connectivity index (χ0n) is 5.72. The third-order valence-corrected chi connectivity index (χ3v) is 1.11. The summed E-state index contributed by atoms with van der Waals surface area (Å²) in [6.07, 6.45) is 0. The molecule has 0 aliphatic rings. The molecule has 0 spiro atoms. The number of alkyl halides is 1. The zero-order valence-corrected chi connectivity index (χ0v) is 6.47. The SMILES string of the molecule is CON(C)C(=O)[C@H](C)Cl. The molecule has 1 amide bonds. The van der Waals surface area contributed by atoms with Crippen molar-refractivity contribution >= 4 is 17.5 Å². The number of amides is 1. The van der Waals surface area contributed by atoms with Crippen molar-refractivity contribution in [1.29, 1.82) is 0 Å². The second-order valence-corrected chi connectivity index (χ2v) is 2.29. The molecule has 0 aliphatic carbocycles. The summed E-state index contributed by atoms with van der Waals surface area (Å²) in [5, 5.41) is 0.576. The Morgan fingerprint density at radius 2 is 2.22 bits per heavy atom. The normalized spacial score (nSPS) is 12.9. The maximum absolute atomic E-state index is 10.7. The number of carbonyl (C=O) groups is 1. The number of hydroxylamine groups is 2. The summed E-state index contributed by atoms with van der Waals surface area (Å²) in [4.78, 5) is 15.3. The molecule has 0 aromatic heterocycles. The molecule has 0 saturated heterocycles. The van der Waals surface area contributed by atoms with Crippen molar-refractivity contribution in [2.45, 2.75) is 12.3 Å². The standard InChI is InChI=1S/C5H10ClNO2/c1-4(6)5(8)7(2)9-3/h4H,1-3H3/t4-/m0/s1.